The number of nitrogens with zero attached hydrogens (tertiary/aromatic N) is 1. The molecule has 114 valence electrons. The molecule has 21 heavy (non-hydrogen) atoms. The van der Waals surface area contributed by atoms with E-state index < -0.39 is 5.41 Å². The Morgan fingerprint density at radius 3 is 2.67 bits per heavy atom. The van der Waals surface area contributed by atoms with Crippen molar-refractivity contribution in [2.45, 2.75) is 26.2 Å². The van der Waals surface area contributed by atoms with Gasteiger partial charge in [-0.3, -0.25) is 4.79 Å². The zero-order valence-corrected chi connectivity index (χ0v) is 16.4. The van der Waals surface area contributed by atoms with Crippen molar-refractivity contribution in [2.75, 3.05) is 26.2 Å². The largest absolute Gasteiger partial charge is 0.491 e. The molecule has 0 spiro atoms. The molecule has 1 saturated heterocycles. The monoisotopic (exact) mass is 511 g/mol. The van der Waals surface area contributed by atoms with Crippen LogP contribution in [0.3, 0.4) is 0 Å². The molecular formula is C16H19I2NO2. The average molecular weight is 511 g/mol. The number of piperidine rings is 1. The van der Waals surface area contributed by atoms with E-state index in [0.717, 1.165) is 38.1 Å². The van der Waals surface area contributed by atoms with Gasteiger partial charge in [0.25, 0.3) is 0 Å². The molecule has 3 nitrogen and oxygen atoms in total. The molecule has 0 saturated carbocycles. The van der Waals surface area contributed by atoms with Crippen LogP contribution >= 0.6 is 45.2 Å². The van der Waals surface area contributed by atoms with Crippen molar-refractivity contribution in [1.29, 1.82) is 0 Å². The molecule has 0 amide bonds. The van der Waals surface area contributed by atoms with E-state index >= 15 is 0 Å². The SMILES string of the molecule is C[C@]1(CN2CCCCC2)COc2c(I)cc(I)cc2C1=O. The molecule has 0 aliphatic carbocycles. The van der Waals surface area contributed by atoms with Gasteiger partial charge in [0.1, 0.15) is 12.4 Å². The summed E-state index contributed by atoms with van der Waals surface area (Å²) in [6.07, 6.45) is 3.81. The van der Waals surface area contributed by atoms with E-state index in [1.165, 1.54) is 19.3 Å². The number of rotatable bonds is 2. The number of ether oxygens (including phenoxy) is 1. The molecule has 1 aromatic carbocycles. The number of halogens is 2. The van der Waals surface area contributed by atoms with Gasteiger partial charge in [-0.1, -0.05) is 6.42 Å². The highest BCUT2D eigenvalue weighted by Crippen LogP contribution is 2.39. The molecular weight excluding hydrogens is 492 g/mol. The number of Topliss-reactive ketones (excluding diaryl/α,β-unsaturated/α-hetero) is 1. The molecule has 3 rings (SSSR count). The van der Waals surface area contributed by atoms with Gasteiger partial charge < -0.3 is 9.64 Å². The summed E-state index contributed by atoms with van der Waals surface area (Å²) in [5.41, 5.74) is 0.342. The molecule has 0 N–H and O–H groups in total. The highest BCUT2D eigenvalue weighted by molar-refractivity contribution is 14.1. The maximum absolute atomic E-state index is 13.0. The number of carbonyl (C=O) groups excluding carboxylic acids is 1. The van der Waals surface area contributed by atoms with Gasteiger partial charge in [0.05, 0.1) is 14.5 Å². The van der Waals surface area contributed by atoms with Crippen LogP contribution < -0.4 is 4.74 Å². The third-order valence-corrected chi connectivity index (χ3v) is 5.78. The van der Waals surface area contributed by atoms with E-state index in [4.69, 9.17) is 4.74 Å². The van der Waals surface area contributed by atoms with E-state index in [0.29, 0.717) is 6.61 Å². The Morgan fingerprint density at radius 1 is 1.24 bits per heavy atom. The normalized spacial score (nSPS) is 26.3. The molecule has 1 atom stereocenters. The van der Waals surface area contributed by atoms with Crippen LogP contribution in [0.5, 0.6) is 5.75 Å². The van der Waals surface area contributed by atoms with E-state index in [-0.39, 0.29) is 5.78 Å². The predicted octanol–water partition coefficient (Wildman–Crippen LogP) is 3.96. The van der Waals surface area contributed by atoms with Gasteiger partial charge in [-0.05, 0) is 90.2 Å². The van der Waals surface area contributed by atoms with E-state index in [2.05, 4.69) is 63.1 Å². The van der Waals surface area contributed by atoms with Crippen molar-refractivity contribution < 1.29 is 9.53 Å². The molecule has 0 aromatic heterocycles. The smallest absolute Gasteiger partial charge is 0.177 e. The lowest BCUT2D eigenvalue weighted by Gasteiger charge is -2.39. The Labute approximate surface area is 153 Å². The highest BCUT2D eigenvalue weighted by Gasteiger charge is 2.42. The van der Waals surface area contributed by atoms with Crippen LogP contribution in [0.2, 0.25) is 0 Å². The minimum absolute atomic E-state index is 0.241. The van der Waals surface area contributed by atoms with Crippen molar-refractivity contribution in [3.05, 3.63) is 24.8 Å². The predicted molar refractivity (Wildman–Crippen MR) is 100 cm³/mol. The van der Waals surface area contributed by atoms with Crippen LogP contribution in [0.1, 0.15) is 36.5 Å². The summed E-state index contributed by atoms with van der Waals surface area (Å²) in [6, 6.07) is 4.02. The van der Waals surface area contributed by atoms with Gasteiger partial charge in [-0.15, -0.1) is 0 Å². The van der Waals surface area contributed by atoms with Crippen molar-refractivity contribution in [2.24, 2.45) is 5.41 Å². The molecule has 0 unspecified atom stereocenters. The minimum Gasteiger partial charge on any atom is -0.491 e. The first kappa shape index (κ1) is 16.0. The van der Waals surface area contributed by atoms with E-state index in [9.17, 15) is 4.79 Å². The Hall–Kier alpha value is 0.110. The average Bonchev–Trinajstić information content (AvgIpc) is 2.44. The highest BCUT2D eigenvalue weighted by atomic mass is 127. The standard InChI is InChI=1S/C16H19I2NO2/c1-16(9-19-5-3-2-4-6-19)10-21-14-12(15(16)20)7-11(17)8-13(14)18/h7-8H,2-6,9-10H2,1H3/t16-/m0/s1. The number of fused-ring (bicyclic) bond motifs is 1. The second-order valence-electron chi connectivity index (χ2n) is 6.28. The maximum Gasteiger partial charge on any atom is 0.177 e. The number of benzene rings is 1. The summed E-state index contributed by atoms with van der Waals surface area (Å²) in [6.45, 7) is 5.58. The number of hydrogen-bond donors (Lipinski definition) is 0. The van der Waals surface area contributed by atoms with E-state index in [1.807, 2.05) is 6.07 Å². The fourth-order valence-electron chi connectivity index (χ4n) is 3.23. The van der Waals surface area contributed by atoms with Gasteiger partial charge in [-0.2, -0.15) is 0 Å². The molecule has 5 heteroatoms. The molecule has 0 bridgehead atoms. The Balaban J connectivity index is 1.86. The summed E-state index contributed by atoms with van der Waals surface area (Å²) >= 11 is 4.52. The van der Waals surface area contributed by atoms with Gasteiger partial charge in [0.15, 0.2) is 5.78 Å². The van der Waals surface area contributed by atoms with Gasteiger partial charge >= 0.3 is 0 Å². The lowest BCUT2D eigenvalue weighted by Crippen LogP contribution is -2.48. The quantitative estimate of drug-likeness (QED) is 0.564. The Morgan fingerprint density at radius 2 is 1.95 bits per heavy atom. The second-order valence-corrected chi connectivity index (χ2v) is 8.69. The first-order chi connectivity index (χ1) is 9.99. The topological polar surface area (TPSA) is 29.5 Å². The molecule has 0 radical (unpaired) electrons. The summed E-state index contributed by atoms with van der Waals surface area (Å²) in [7, 11) is 0. The number of ketones is 1. The number of hydrogen-bond acceptors (Lipinski definition) is 3. The lowest BCUT2D eigenvalue weighted by atomic mass is 9.80. The summed E-state index contributed by atoms with van der Waals surface area (Å²) in [4.78, 5) is 15.4. The third-order valence-electron chi connectivity index (χ3n) is 4.36. The van der Waals surface area contributed by atoms with Crippen molar-refractivity contribution in [3.63, 3.8) is 0 Å². The van der Waals surface area contributed by atoms with Crippen LogP contribution in [0.4, 0.5) is 0 Å². The number of likely N-dealkylation sites (tertiary alicyclic amines) is 1. The van der Waals surface area contributed by atoms with Crippen LogP contribution in [0.15, 0.2) is 12.1 Å². The lowest BCUT2D eigenvalue weighted by molar-refractivity contribution is 0.0493. The summed E-state index contributed by atoms with van der Waals surface area (Å²) < 4.78 is 8.10. The van der Waals surface area contributed by atoms with Crippen molar-refractivity contribution >= 4 is 51.0 Å². The fourth-order valence-corrected chi connectivity index (χ4v) is 5.23. The number of carbonyl (C=O) groups is 1. The Kier molecular flexibility index (Phi) is 4.80. The third kappa shape index (κ3) is 3.24. The first-order valence-corrected chi connectivity index (χ1v) is 9.54. The Bertz CT molecular complexity index is 570. The molecule has 2 aliphatic rings. The van der Waals surface area contributed by atoms with Crippen LogP contribution in [-0.4, -0.2) is 36.9 Å². The van der Waals surface area contributed by atoms with E-state index in [1.54, 1.807) is 0 Å². The molecule has 2 heterocycles. The maximum atomic E-state index is 13.0. The fraction of sp³-hybridized carbons (Fsp3) is 0.562. The van der Waals surface area contributed by atoms with Gasteiger partial charge in [0, 0.05) is 10.1 Å². The minimum atomic E-state index is -0.419. The molecule has 2 aliphatic heterocycles. The molecule has 1 aromatic rings. The van der Waals surface area contributed by atoms with Gasteiger partial charge in [0.2, 0.25) is 0 Å². The van der Waals surface area contributed by atoms with Crippen LogP contribution in [0.25, 0.3) is 0 Å². The summed E-state index contributed by atoms with van der Waals surface area (Å²) in [5.74, 6) is 1.02. The zero-order chi connectivity index (χ0) is 15.0. The molecule has 1 fully saturated rings. The second kappa shape index (κ2) is 6.31. The summed E-state index contributed by atoms with van der Waals surface area (Å²) in [5, 5.41) is 0. The zero-order valence-electron chi connectivity index (χ0n) is 12.1. The van der Waals surface area contributed by atoms with Crippen LogP contribution in [0, 0.1) is 12.6 Å². The van der Waals surface area contributed by atoms with Gasteiger partial charge in [-0.25, -0.2) is 0 Å². The van der Waals surface area contributed by atoms with Crippen LogP contribution in [-0.2, 0) is 0 Å². The van der Waals surface area contributed by atoms with Crippen molar-refractivity contribution in [3.8, 4) is 5.75 Å². The first-order valence-electron chi connectivity index (χ1n) is 7.39. The van der Waals surface area contributed by atoms with Crippen molar-refractivity contribution in [1.82, 2.24) is 4.90 Å².